The topological polar surface area (TPSA) is 19.4 Å². The fourth-order valence-electron chi connectivity index (χ4n) is 1.88. The number of rotatable bonds is 3. The van der Waals surface area contributed by atoms with Gasteiger partial charge in [-0.05, 0) is 18.6 Å². The van der Waals surface area contributed by atoms with E-state index in [1.807, 2.05) is 6.20 Å². The van der Waals surface area contributed by atoms with Gasteiger partial charge in [0.2, 0.25) is 0 Å². The van der Waals surface area contributed by atoms with Crippen molar-refractivity contribution >= 4 is 12.8 Å². The first kappa shape index (κ1) is 11.9. The van der Waals surface area contributed by atoms with Crippen LogP contribution >= 0.6 is 12.8 Å². The second kappa shape index (κ2) is 5.66. The zero-order valence-corrected chi connectivity index (χ0v) is 10.7. The van der Waals surface area contributed by atoms with Gasteiger partial charge < -0.3 is 4.90 Å². The number of pyridine rings is 1. The van der Waals surface area contributed by atoms with Gasteiger partial charge in [0.1, 0.15) is 0 Å². The number of nitrogens with zero attached hydrogens (tertiary/aromatic N) is 3. The van der Waals surface area contributed by atoms with Crippen LogP contribution in [0.15, 0.2) is 18.3 Å². The highest BCUT2D eigenvalue weighted by atomic mass is 32.1. The van der Waals surface area contributed by atoms with E-state index in [0.717, 1.165) is 39.1 Å². The molecule has 1 aromatic rings. The third-order valence-corrected chi connectivity index (χ3v) is 3.41. The molecule has 1 aliphatic rings. The van der Waals surface area contributed by atoms with Crippen molar-refractivity contribution in [1.29, 1.82) is 0 Å². The van der Waals surface area contributed by atoms with Gasteiger partial charge in [-0.15, -0.1) is 0 Å². The standard InChI is InChI=1S/C12H19N3S/c1-11-2-3-12(13-10-11)4-5-14-6-8-15(16)9-7-14/h2-3,10,16H,4-9H2,1H3. The van der Waals surface area contributed by atoms with Crippen LogP contribution in [-0.2, 0) is 6.42 Å². The molecule has 4 heteroatoms. The van der Waals surface area contributed by atoms with Gasteiger partial charge in [0.25, 0.3) is 0 Å². The van der Waals surface area contributed by atoms with Crippen LogP contribution in [0.25, 0.3) is 0 Å². The molecule has 1 aromatic heterocycles. The molecule has 0 amide bonds. The van der Waals surface area contributed by atoms with Crippen LogP contribution < -0.4 is 0 Å². The maximum Gasteiger partial charge on any atom is 0.0416 e. The lowest BCUT2D eigenvalue weighted by Gasteiger charge is -2.31. The molecule has 1 aliphatic heterocycles. The Bertz CT molecular complexity index is 318. The number of aromatic nitrogens is 1. The van der Waals surface area contributed by atoms with E-state index in [-0.39, 0.29) is 0 Å². The molecular formula is C12H19N3S. The minimum absolute atomic E-state index is 1.05. The summed E-state index contributed by atoms with van der Waals surface area (Å²) < 4.78 is 2.08. The molecule has 3 nitrogen and oxygen atoms in total. The largest absolute Gasteiger partial charge is 0.300 e. The zero-order chi connectivity index (χ0) is 11.4. The second-order valence-corrected chi connectivity index (χ2v) is 4.94. The molecule has 1 fully saturated rings. The van der Waals surface area contributed by atoms with Crippen molar-refractivity contribution < 1.29 is 0 Å². The van der Waals surface area contributed by atoms with Crippen molar-refractivity contribution in [2.75, 3.05) is 32.7 Å². The maximum atomic E-state index is 4.43. The van der Waals surface area contributed by atoms with Gasteiger partial charge >= 0.3 is 0 Å². The van der Waals surface area contributed by atoms with E-state index in [0.29, 0.717) is 0 Å². The molecule has 0 bridgehead atoms. The van der Waals surface area contributed by atoms with E-state index in [2.05, 4.69) is 46.1 Å². The number of hydrogen-bond acceptors (Lipinski definition) is 4. The molecule has 0 aromatic carbocycles. The number of aryl methyl sites for hydroxylation is 1. The van der Waals surface area contributed by atoms with Crippen LogP contribution in [0.5, 0.6) is 0 Å². The summed E-state index contributed by atoms with van der Waals surface area (Å²) in [6.45, 7) is 7.54. The van der Waals surface area contributed by atoms with E-state index >= 15 is 0 Å². The molecule has 0 atom stereocenters. The summed E-state index contributed by atoms with van der Waals surface area (Å²) in [5.74, 6) is 0. The highest BCUT2D eigenvalue weighted by Crippen LogP contribution is 2.05. The zero-order valence-electron chi connectivity index (χ0n) is 9.76. The quantitative estimate of drug-likeness (QED) is 0.802. The third kappa shape index (κ3) is 3.47. The third-order valence-electron chi connectivity index (χ3n) is 3.01. The van der Waals surface area contributed by atoms with Crippen LogP contribution in [0.2, 0.25) is 0 Å². The summed E-state index contributed by atoms with van der Waals surface area (Å²) >= 11 is 4.35. The number of hydrogen-bond donors (Lipinski definition) is 1. The van der Waals surface area contributed by atoms with E-state index in [4.69, 9.17) is 0 Å². The predicted octanol–water partition coefficient (Wildman–Crippen LogP) is 1.39. The van der Waals surface area contributed by atoms with Gasteiger partial charge in [-0.1, -0.05) is 18.9 Å². The van der Waals surface area contributed by atoms with Gasteiger partial charge in [-0.2, -0.15) is 0 Å². The lowest BCUT2D eigenvalue weighted by molar-refractivity contribution is 0.199. The highest BCUT2D eigenvalue weighted by molar-refractivity contribution is 7.77. The highest BCUT2D eigenvalue weighted by Gasteiger charge is 2.13. The van der Waals surface area contributed by atoms with E-state index in [1.54, 1.807) is 0 Å². The number of piperazine rings is 1. The van der Waals surface area contributed by atoms with Gasteiger partial charge in [0.05, 0.1) is 0 Å². The van der Waals surface area contributed by atoms with E-state index < -0.39 is 0 Å². The van der Waals surface area contributed by atoms with Crippen molar-refractivity contribution in [3.8, 4) is 0 Å². The Morgan fingerprint density at radius 2 is 2.00 bits per heavy atom. The van der Waals surface area contributed by atoms with E-state index in [1.165, 1.54) is 11.3 Å². The summed E-state index contributed by atoms with van der Waals surface area (Å²) in [6.07, 6.45) is 2.99. The molecule has 0 N–H and O–H groups in total. The van der Waals surface area contributed by atoms with Crippen LogP contribution in [0.1, 0.15) is 11.3 Å². The molecule has 0 aliphatic carbocycles. The summed E-state index contributed by atoms with van der Waals surface area (Å²) in [6, 6.07) is 4.26. The smallest absolute Gasteiger partial charge is 0.0416 e. The second-order valence-electron chi connectivity index (χ2n) is 4.37. The summed E-state index contributed by atoms with van der Waals surface area (Å²) in [7, 11) is 0. The first-order chi connectivity index (χ1) is 7.74. The Morgan fingerprint density at radius 3 is 2.62 bits per heavy atom. The van der Waals surface area contributed by atoms with Crippen LogP contribution in [0, 0.1) is 6.92 Å². The molecule has 2 rings (SSSR count). The molecule has 88 valence electrons. The first-order valence-electron chi connectivity index (χ1n) is 5.82. The molecule has 0 spiro atoms. The SMILES string of the molecule is Cc1ccc(CCN2CCN(S)CC2)nc1. The van der Waals surface area contributed by atoms with Crippen molar-refractivity contribution in [2.45, 2.75) is 13.3 Å². The molecular weight excluding hydrogens is 218 g/mol. The van der Waals surface area contributed by atoms with Crippen LogP contribution in [-0.4, -0.2) is 46.9 Å². The average Bonchev–Trinajstić information content (AvgIpc) is 2.30. The van der Waals surface area contributed by atoms with Crippen molar-refractivity contribution in [1.82, 2.24) is 14.2 Å². The Labute approximate surface area is 103 Å². The fraction of sp³-hybridized carbons (Fsp3) is 0.583. The van der Waals surface area contributed by atoms with Crippen LogP contribution in [0.3, 0.4) is 0 Å². The lowest BCUT2D eigenvalue weighted by Crippen LogP contribution is -2.43. The summed E-state index contributed by atoms with van der Waals surface area (Å²) in [4.78, 5) is 6.91. The Kier molecular flexibility index (Phi) is 4.21. The van der Waals surface area contributed by atoms with Crippen molar-refractivity contribution in [3.63, 3.8) is 0 Å². The summed E-state index contributed by atoms with van der Waals surface area (Å²) in [5, 5.41) is 0. The van der Waals surface area contributed by atoms with Crippen molar-refractivity contribution in [3.05, 3.63) is 29.6 Å². The predicted molar refractivity (Wildman–Crippen MR) is 69.7 cm³/mol. The Hall–Kier alpha value is -0.580. The van der Waals surface area contributed by atoms with Gasteiger partial charge in [-0.3, -0.25) is 9.29 Å². The van der Waals surface area contributed by atoms with Gasteiger partial charge in [0.15, 0.2) is 0 Å². The molecule has 2 heterocycles. The number of thiol groups is 1. The molecule has 16 heavy (non-hydrogen) atoms. The first-order valence-corrected chi connectivity index (χ1v) is 6.22. The lowest BCUT2D eigenvalue weighted by atomic mass is 10.2. The normalized spacial score (nSPS) is 18.9. The fourth-order valence-corrected chi connectivity index (χ4v) is 2.06. The van der Waals surface area contributed by atoms with Gasteiger partial charge in [0, 0.05) is 51.0 Å². The monoisotopic (exact) mass is 237 g/mol. The molecule has 0 radical (unpaired) electrons. The summed E-state index contributed by atoms with van der Waals surface area (Å²) in [5.41, 5.74) is 2.42. The van der Waals surface area contributed by atoms with E-state index in [9.17, 15) is 0 Å². The Morgan fingerprint density at radius 1 is 1.25 bits per heavy atom. The molecule has 0 saturated carbocycles. The van der Waals surface area contributed by atoms with Gasteiger partial charge in [-0.25, -0.2) is 0 Å². The molecule has 0 unspecified atom stereocenters. The van der Waals surface area contributed by atoms with Crippen LogP contribution in [0.4, 0.5) is 0 Å². The molecule has 1 saturated heterocycles. The average molecular weight is 237 g/mol. The minimum atomic E-state index is 1.05. The Balaban J connectivity index is 1.77. The maximum absolute atomic E-state index is 4.43. The minimum Gasteiger partial charge on any atom is -0.300 e. The van der Waals surface area contributed by atoms with Crippen molar-refractivity contribution in [2.24, 2.45) is 0 Å².